The Bertz CT molecular complexity index is 976. The van der Waals surface area contributed by atoms with Crippen LogP contribution in [0.4, 0.5) is 5.69 Å². The number of aryl methyl sites for hydroxylation is 2. The number of anilines is 1. The van der Waals surface area contributed by atoms with E-state index < -0.39 is 0 Å². The Hall–Kier alpha value is -3.48. The molecule has 0 fully saturated rings. The summed E-state index contributed by atoms with van der Waals surface area (Å²) in [5, 5.41) is 6.81. The molecule has 0 saturated carbocycles. The maximum Gasteiger partial charge on any atom is 0.255 e. The van der Waals surface area contributed by atoms with Gasteiger partial charge in [-0.05, 0) is 64.1 Å². The zero-order valence-corrected chi connectivity index (χ0v) is 17.7. The Balaban J connectivity index is 1.68. The number of hydrogen-bond donors (Lipinski definition) is 1. The van der Waals surface area contributed by atoms with Gasteiger partial charge in [0.1, 0.15) is 29.6 Å². The lowest BCUT2D eigenvalue weighted by atomic mass is 10.2. The second kappa shape index (κ2) is 9.82. The van der Waals surface area contributed by atoms with Gasteiger partial charge in [-0.15, -0.1) is 0 Å². The predicted octanol–water partition coefficient (Wildman–Crippen LogP) is 4.92. The summed E-state index contributed by atoms with van der Waals surface area (Å²) in [5.74, 6) is 2.40. The van der Waals surface area contributed by atoms with Gasteiger partial charge in [-0.25, -0.2) is 0 Å². The zero-order chi connectivity index (χ0) is 21.5. The third-order valence-corrected chi connectivity index (χ3v) is 4.49. The Morgan fingerprint density at radius 2 is 1.67 bits per heavy atom. The number of carbonyl (C=O) groups is 1. The summed E-state index contributed by atoms with van der Waals surface area (Å²) in [6.45, 7) is 8.91. The maximum atomic E-state index is 12.7. The maximum absolute atomic E-state index is 12.7. The van der Waals surface area contributed by atoms with E-state index in [-0.39, 0.29) is 5.91 Å². The van der Waals surface area contributed by atoms with Crippen LogP contribution in [0.5, 0.6) is 17.2 Å². The highest BCUT2D eigenvalue weighted by Crippen LogP contribution is 2.30. The molecule has 0 aliphatic rings. The van der Waals surface area contributed by atoms with Crippen LogP contribution in [-0.2, 0) is 6.61 Å². The molecule has 0 bridgehead atoms. The molecule has 0 atom stereocenters. The molecule has 7 nitrogen and oxygen atoms in total. The Labute approximate surface area is 175 Å². The van der Waals surface area contributed by atoms with E-state index in [1.54, 1.807) is 36.4 Å². The molecule has 1 N–H and O–H groups in total. The van der Waals surface area contributed by atoms with Gasteiger partial charge in [-0.1, -0.05) is 5.16 Å². The third kappa shape index (κ3) is 5.11. The van der Waals surface area contributed by atoms with E-state index in [1.807, 2.05) is 33.8 Å². The molecule has 0 unspecified atom stereocenters. The fourth-order valence-electron chi connectivity index (χ4n) is 2.91. The van der Waals surface area contributed by atoms with Gasteiger partial charge in [0.25, 0.3) is 5.91 Å². The van der Waals surface area contributed by atoms with Crippen LogP contribution in [0.25, 0.3) is 0 Å². The number of nitrogens with zero attached hydrogens (tertiary/aromatic N) is 1. The standard InChI is InChI=1S/C23H26N2O5/c1-5-27-19-11-12-22(28-6-2)21(13-19)24-23(26)17-7-9-18(10-8-17)29-14-20-15(3)25-30-16(20)4/h7-13H,5-6,14H2,1-4H3,(H,24,26). The van der Waals surface area contributed by atoms with Crippen molar-refractivity contribution in [2.45, 2.75) is 34.3 Å². The average Bonchev–Trinajstić information content (AvgIpc) is 3.06. The van der Waals surface area contributed by atoms with Gasteiger partial charge in [-0.2, -0.15) is 0 Å². The lowest BCUT2D eigenvalue weighted by Gasteiger charge is -2.14. The van der Waals surface area contributed by atoms with Crippen LogP contribution in [-0.4, -0.2) is 24.3 Å². The summed E-state index contributed by atoms with van der Waals surface area (Å²) in [5.41, 5.74) is 2.80. The molecular weight excluding hydrogens is 384 g/mol. The number of carbonyl (C=O) groups excluding carboxylic acids is 1. The van der Waals surface area contributed by atoms with Crippen LogP contribution in [0.3, 0.4) is 0 Å². The number of aromatic nitrogens is 1. The lowest BCUT2D eigenvalue weighted by molar-refractivity contribution is 0.102. The minimum Gasteiger partial charge on any atom is -0.494 e. The van der Waals surface area contributed by atoms with Gasteiger partial charge in [-0.3, -0.25) is 4.79 Å². The molecule has 0 saturated heterocycles. The van der Waals surface area contributed by atoms with E-state index in [4.69, 9.17) is 18.7 Å². The van der Waals surface area contributed by atoms with Gasteiger partial charge in [0.15, 0.2) is 0 Å². The first-order valence-corrected chi connectivity index (χ1v) is 9.87. The number of amides is 1. The molecule has 3 aromatic rings. The molecule has 30 heavy (non-hydrogen) atoms. The van der Waals surface area contributed by atoms with Crippen molar-refractivity contribution in [2.24, 2.45) is 0 Å². The van der Waals surface area contributed by atoms with Crippen LogP contribution in [0.1, 0.15) is 41.2 Å². The van der Waals surface area contributed by atoms with E-state index in [0.717, 1.165) is 17.0 Å². The minimum atomic E-state index is -0.248. The topological polar surface area (TPSA) is 82.8 Å². The van der Waals surface area contributed by atoms with Gasteiger partial charge in [0, 0.05) is 11.6 Å². The highest BCUT2D eigenvalue weighted by atomic mass is 16.5. The van der Waals surface area contributed by atoms with E-state index >= 15 is 0 Å². The number of nitrogens with one attached hydrogen (secondary N) is 1. The van der Waals surface area contributed by atoms with Crippen molar-refractivity contribution in [3.63, 3.8) is 0 Å². The smallest absolute Gasteiger partial charge is 0.255 e. The fraction of sp³-hybridized carbons (Fsp3) is 0.304. The van der Waals surface area contributed by atoms with Gasteiger partial charge in [0.2, 0.25) is 0 Å². The summed E-state index contributed by atoms with van der Waals surface area (Å²) in [6, 6.07) is 12.3. The van der Waals surface area contributed by atoms with Gasteiger partial charge in [0.05, 0.1) is 30.2 Å². The van der Waals surface area contributed by atoms with Crippen molar-refractivity contribution in [1.82, 2.24) is 5.16 Å². The van der Waals surface area contributed by atoms with Crippen LogP contribution in [0.2, 0.25) is 0 Å². The van der Waals surface area contributed by atoms with Crippen molar-refractivity contribution >= 4 is 11.6 Å². The molecule has 1 heterocycles. The first kappa shape index (κ1) is 21.2. The summed E-state index contributed by atoms with van der Waals surface area (Å²) in [6.07, 6.45) is 0. The molecule has 1 aromatic heterocycles. The average molecular weight is 410 g/mol. The fourth-order valence-corrected chi connectivity index (χ4v) is 2.91. The lowest BCUT2D eigenvalue weighted by Crippen LogP contribution is -2.13. The van der Waals surface area contributed by atoms with Crippen LogP contribution in [0, 0.1) is 13.8 Å². The SMILES string of the molecule is CCOc1ccc(OCC)c(NC(=O)c2ccc(OCc3c(C)noc3C)cc2)c1. The van der Waals surface area contributed by atoms with Crippen molar-refractivity contribution in [2.75, 3.05) is 18.5 Å². The summed E-state index contributed by atoms with van der Waals surface area (Å²) >= 11 is 0. The highest BCUT2D eigenvalue weighted by Gasteiger charge is 2.13. The number of benzene rings is 2. The Morgan fingerprint density at radius 3 is 2.30 bits per heavy atom. The quantitative estimate of drug-likeness (QED) is 0.539. The normalized spacial score (nSPS) is 10.5. The number of hydrogen-bond acceptors (Lipinski definition) is 6. The molecule has 3 rings (SSSR count). The minimum absolute atomic E-state index is 0.248. The molecule has 158 valence electrons. The summed E-state index contributed by atoms with van der Waals surface area (Å²) in [7, 11) is 0. The highest BCUT2D eigenvalue weighted by molar-refractivity contribution is 6.05. The Kier molecular flexibility index (Phi) is 6.95. The molecule has 0 spiro atoms. The summed E-state index contributed by atoms with van der Waals surface area (Å²) < 4.78 is 22.1. The van der Waals surface area contributed by atoms with Gasteiger partial charge >= 0.3 is 0 Å². The molecule has 2 aromatic carbocycles. The van der Waals surface area contributed by atoms with Crippen LogP contribution < -0.4 is 19.5 Å². The van der Waals surface area contributed by atoms with Gasteiger partial charge < -0.3 is 24.1 Å². The predicted molar refractivity (Wildman–Crippen MR) is 113 cm³/mol. The van der Waals surface area contributed by atoms with Crippen LogP contribution >= 0.6 is 0 Å². The van der Waals surface area contributed by atoms with Crippen molar-refractivity contribution in [1.29, 1.82) is 0 Å². The van der Waals surface area contributed by atoms with E-state index in [2.05, 4.69) is 10.5 Å². The molecule has 1 amide bonds. The first-order valence-electron chi connectivity index (χ1n) is 9.87. The van der Waals surface area contributed by atoms with Crippen LogP contribution in [0.15, 0.2) is 47.0 Å². The van der Waals surface area contributed by atoms with Crippen molar-refractivity contribution < 1.29 is 23.5 Å². The number of rotatable bonds is 9. The largest absolute Gasteiger partial charge is 0.494 e. The van der Waals surface area contributed by atoms with E-state index in [0.29, 0.717) is 48.3 Å². The van der Waals surface area contributed by atoms with Crippen molar-refractivity contribution in [3.8, 4) is 17.2 Å². The molecule has 0 aliphatic heterocycles. The molecule has 7 heteroatoms. The van der Waals surface area contributed by atoms with Crippen molar-refractivity contribution in [3.05, 3.63) is 65.0 Å². The van der Waals surface area contributed by atoms with E-state index in [9.17, 15) is 4.79 Å². The van der Waals surface area contributed by atoms with E-state index in [1.165, 1.54) is 0 Å². The third-order valence-electron chi connectivity index (χ3n) is 4.49. The second-order valence-electron chi connectivity index (χ2n) is 6.59. The number of ether oxygens (including phenoxy) is 3. The molecular formula is C23H26N2O5. The first-order chi connectivity index (χ1) is 14.5. The summed E-state index contributed by atoms with van der Waals surface area (Å²) in [4.78, 5) is 12.7. The molecule has 0 radical (unpaired) electrons. The molecule has 0 aliphatic carbocycles. The monoisotopic (exact) mass is 410 g/mol. The zero-order valence-electron chi connectivity index (χ0n) is 17.7. The Morgan fingerprint density at radius 1 is 0.967 bits per heavy atom. The second-order valence-corrected chi connectivity index (χ2v) is 6.59.